The standard InChI is InChI=1S/C13H18N2O2.ClH/c1-17-12-4-2-3-10(7-12)8-13(16)15-6-5-11(14)9-15;/h2-4,7,11H,5-6,8-9,14H2,1H3;1H/t11-;/m0./s1. The molecule has 18 heavy (non-hydrogen) atoms. The number of methoxy groups -OCH3 is 1. The summed E-state index contributed by atoms with van der Waals surface area (Å²) in [4.78, 5) is 13.8. The first-order chi connectivity index (χ1) is 8.19. The van der Waals surface area contributed by atoms with Gasteiger partial charge >= 0.3 is 0 Å². The Morgan fingerprint density at radius 3 is 2.94 bits per heavy atom. The van der Waals surface area contributed by atoms with E-state index in [-0.39, 0.29) is 24.4 Å². The van der Waals surface area contributed by atoms with Gasteiger partial charge in [0.25, 0.3) is 0 Å². The largest absolute Gasteiger partial charge is 0.497 e. The second-order valence-electron chi connectivity index (χ2n) is 4.42. The molecule has 0 unspecified atom stereocenters. The molecule has 1 aliphatic heterocycles. The zero-order valence-electron chi connectivity index (χ0n) is 10.5. The van der Waals surface area contributed by atoms with Crippen LogP contribution in [0.1, 0.15) is 12.0 Å². The minimum Gasteiger partial charge on any atom is -0.497 e. The fourth-order valence-electron chi connectivity index (χ4n) is 2.08. The number of halogens is 1. The molecule has 0 saturated carbocycles. The third-order valence-electron chi connectivity index (χ3n) is 3.07. The molecule has 100 valence electrons. The maximum absolute atomic E-state index is 12.0. The number of ether oxygens (including phenoxy) is 1. The number of amides is 1. The van der Waals surface area contributed by atoms with Crippen molar-refractivity contribution in [3.8, 4) is 5.75 Å². The van der Waals surface area contributed by atoms with Crippen LogP contribution in [0, 0.1) is 0 Å². The zero-order chi connectivity index (χ0) is 12.3. The molecule has 0 aliphatic carbocycles. The lowest BCUT2D eigenvalue weighted by Gasteiger charge is -2.15. The van der Waals surface area contributed by atoms with E-state index in [1.165, 1.54) is 0 Å². The Kier molecular flexibility index (Phi) is 5.44. The molecule has 0 spiro atoms. The van der Waals surface area contributed by atoms with E-state index in [9.17, 15) is 4.79 Å². The number of nitrogens with two attached hydrogens (primary N) is 1. The smallest absolute Gasteiger partial charge is 0.227 e. The van der Waals surface area contributed by atoms with Crippen molar-refractivity contribution >= 4 is 18.3 Å². The molecular weight excluding hydrogens is 252 g/mol. The van der Waals surface area contributed by atoms with Gasteiger partial charge in [-0.3, -0.25) is 4.79 Å². The second-order valence-corrected chi connectivity index (χ2v) is 4.42. The fourth-order valence-corrected chi connectivity index (χ4v) is 2.08. The van der Waals surface area contributed by atoms with E-state index < -0.39 is 0 Å². The lowest BCUT2D eigenvalue weighted by Crippen LogP contribution is -2.32. The third kappa shape index (κ3) is 3.62. The maximum Gasteiger partial charge on any atom is 0.227 e. The molecule has 1 fully saturated rings. The van der Waals surface area contributed by atoms with Crippen LogP contribution in [-0.4, -0.2) is 37.0 Å². The van der Waals surface area contributed by atoms with Gasteiger partial charge in [0.1, 0.15) is 5.75 Å². The molecule has 0 bridgehead atoms. The number of hydrogen-bond donors (Lipinski definition) is 1. The predicted molar refractivity (Wildman–Crippen MR) is 73.1 cm³/mol. The summed E-state index contributed by atoms with van der Waals surface area (Å²) in [6, 6.07) is 7.76. The predicted octanol–water partition coefficient (Wildman–Crippen LogP) is 1.22. The zero-order valence-corrected chi connectivity index (χ0v) is 11.3. The summed E-state index contributed by atoms with van der Waals surface area (Å²) >= 11 is 0. The van der Waals surface area contributed by atoms with Gasteiger partial charge in [0.15, 0.2) is 0 Å². The van der Waals surface area contributed by atoms with E-state index in [0.29, 0.717) is 13.0 Å². The summed E-state index contributed by atoms with van der Waals surface area (Å²) in [5.74, 6) is 0.930. The second kappa shape index (κ2) is 6.61. The van der Waals surface area contributed by atoms with Crippen molar-refractivity contribution in [1.82, 2.24) is 4.90 Å². The molecule has 1 amide bonds. The number of carbonyl (C=O) groups is 1. The van der Waals surface area contributed by atoms with Gasteiger partial charge in [0.05, 0.1) is 13.5 Å². The average Bonchev–Trinajstić information content (AvgIpc) is 2.76. The quantitative estimate of drug-likeness (QED) is 0.899. The Labute approximate surface area is 114 Å². The number of hydrogen-bond acceptors (Lipinski definition) is 3. The van der Waals surface area contributed by atoms with Crippen molar-refractivity contribution in [3.05, 3.63) is 29.8 Å². The van der Waals surface area contributed by atoms with Crippen LogP contribution >= 0.6 is 12.4 Å². The van der Waals surface area contributed by atoms with Gasteiger partial charge in [-0.25, -0.2) is 0 Å². The monoisotopic (exact) mass is 270 g/mol. The maximum atomic E-state index is 12.0. The first kappa shape index (κ1) is 14.8. The van der Waals surface area contributed by atoms with Crippen LogP contribution in [0.4, 0.5) is 0 Å². The van der Waals surface area contributed by atoms with E-state index in [1.54, 1.807) is 7.11 Å². The first-order valence-corrected chi connectivity index (χ1v) is 5.85. The fraction of sp³-hybridized carbons (Fsp3) is 0.462. The van der Waals surface area contributed by atoms with Crippen molar-refractivity contribution in [2.45, 2.75) is 18.9 Å². The highest BCUT2D eigenvalue weighted by Crippen LogP contribution is 2.15. The van der Waals surface area contributed by atoms with E-state index in [2.05, 4.69) is 0 Å². The van der Waals surface area contributed by atoms with E-state index in [0.717, 1.165) is 24.3 Å². The number of carbonyl (C=O) groups excluding carboxylic acids is 1. The molecule has 1 heterocycles. The number of likely N-dealkylation sites (tertiary alicyclic amines) is 1. The highest BCUT2D eigenvalue weighted by atomic mass is 35.5. The topological polar surface area (TPSA) is 55.6 Å². The van der Waals surface area contributed by atoms with Crippen molar-refractivity contribution < 1.29 is 9.53 Å². The van der Waals surface area contributed by atoms with Crippen molar-refractivity contribution in [1.29, 1.82) is 0 Å². The van der Waals surface area contributed by atoms with Crippen LogP contribution in [0.3, 0.4) is 0 Å². The van der Waals surface area contributed by atoms with Crippen LogP contribution < -0.4 is 10.5 Å². The summed E-state index contributed by atoms with van der Waals surface area (Å²) in [7, 11) is 1.63. The minimum atomic E-state index is 0. The van der Waals surface area contributed by atoms with Gasteiger partial charge in [0.2, 0.25) is 5.91 Å². The van der Waals surface area contributed by atoms with Crippen molar-refractivity contribution in [2.75, 3.05) is 20.2 Å². The molecule has 1 atom stereocenters. The summed E-state index contributed by atoms with van der Waals surface area (Å²) in [6.07, 6.45) is 1.33. The van der Waals surface area contributed by atoms with Crippen LogP contribution in [0.15, 0.2) is 24.3 Å². The van der Waals surface area contributed by atoms with Crippen LogP contribution in [0.25, 0.3) is 0 Å². The van der Waals surface area contributed by atoms with Gasteiger partial charge in [-0.15, -0.1) is 12.4 Å². The Hall–Kier alpha value is -1.26. The van der Waals surface area contributed by atoms with E-state index >= 15 is 0 Å². The number of rotatable bonds is 3. The van der Waals surface area contributed by atoms with Crippen LogP contribution in [0.2, 0.25) is 0 Å². The Bertz CT molecular complexity index is 412. The lowest BCUT2D eigenvalue weighted by atomic mass is 10.1. The molecular formula is C13H19ClN2O2. The number of nitrogens with zero attached hydrogens (tertiary/aromatic N) is 1. The highest BCUT2D eigenvalue weighted by Gasteiger charge is 2.23. The lowest BCUT2D eigenvalue weighted by molar-refractivity contribution is -0.129. The molecule has 5 heteroatoms. The Balaban J connectivity index is 0.00000162. The molecule has 0 radical (unpaired) electrons. The number of benzene rings is 1. The van der Waals surface area contributed by atoms with Gasteiger partial charge < -0.3 is 15.4 Å². The van der Waals surface area contributed by atoms with E-state index in [1.807, 2.05) is 29.2 Å². The Morgan fingerprint density at radius 1 is 1.56 bits per heavy atom. The van der Waals surface area contributed by atoms with Gasteiger partial charge in [-0.1, -0.05) is 12.1 Å². The van der Waals surface area contributed by atoms with Crippen molar-refractivity contribution in [2.24, 2.45) is 5.73 Å². The molecule has 1 saturated heterocycles. The molecule has 1 aliphatic rings. The van der Waals surface area contributed by atoms with Crippen molar-refractivity contribution in [3.63, 3.8) is 0 Å². The van der Waals surface area contributed by atoms with Gasteiger partial charge in [-0.05, 0) is 24.1 Å². The van der Waals surface area contributed by atoms with Crippen LogP contribution in [0.5, 0.6) is 5.75 Å². The molecule has 4 nitrogen and oxygen atoms in total. The van der Waals surface area contributed by atoms with Gasteiger partial charge in [0, 0.05) is 19.1 Å². The SMILES string of the molecule is COc1cccc(CC(=O)N2CC[C@H](N)C2)c1.Cl. The molecule has 1 aromatic rings. The average molecular weight is 271 g/mol. The Morgan fingerprint density at radius 2 is 2.33 bits per heavy atom. The molecule has 1 aromatic carbocycles. The molecule has 2 rings (SSSR count). The first-order valence-electron chi connectivity index (χ1n) is 5.85. The van der Waals surface area contributed by atoms with E-state index in [4.69, 9.17) is 10.5 Å². The molecule has 2 N–H and O–H groups in total. The summed E-state index contributed by atoms with van der Waals surface area (Å²) in [5.41, 5.74) is 6.77. The third-order valence-corrected chi connectivity index (χ3v) is 3.07. The normalized spacial score (nSPS) is 18.3. The molecule has 0 aromatic heterocycles. The van der Waals surface area contributed by atoms with Crippen LogP contribution in [-0.2, 0) is 11.2 Å². The summed E-state index contributed by atoms with van der Waals surface area (Å²) in [5, 5.41) is 0. The minimum absolute atomic E-state index is 0. The summed E-state index contributed by atoms with van der Waals surface area (Å²) in [6.45, 7) is 1.47. The summed E-state index contributed by atoms with van der Waals surface area (Å²) < 4.78 is 5.13. The van der Waals surface area contributed by atoms with Gasteiger partial charge in [-0.2, -0.15) is 0 Å². The highest BCUT2D eigenvalue weighted by molar-refractivity contribution is 5.85.